The zero-order valence-electron chi connectivity index (χ0n) is 21.7. The molecule has 1 saturated heterocycles. The normalized spacial score (nSPS) is 26.9. The summed E-state index contributed by atoms with van der Waals surface area (Å²) >= 11 is 0. The molecule has 212 valence electrons. The lowest BCUT2D eigenvalue weighted by Crippen LogP contribution is -2.59. The average molecular weight is 581 g/mol. The summed E-state index contributed by atoms with van der Waals surface area (Å²) in [6, 6.07) is 2.41. The van der Waals surface area contributed by atoms with E-state index in [4.69, 9.17) is 4.74 Å². The number of rotatable bonds is 3. The van der Waals surface area contributed by atoms with Crippen molar-refractivity contribution in [1.82, 2.24) is 21.3 Å². The van der Waals surface area contributed by atoms with Crippen LogP contribution in [0, 0.1) is 11.7 Å². The lowest BCUT2D eigenvalue weighted by atomic mass is 10.0. The molecule has 2 aliphatic rings. The van der Waals surface area contributed by atoms with E-state index in [1.165, 1.54) is 45.9 Å². The summed E-state index contributed by atoms with van der Waals surface area (Å²) in [4.78, 5) is 65.1. The zero-order chi connectivity index (χ0) is 28.4. The maximum Gasteiger partial charge on any atom is 0.326 e. The predicted molar refractivity (Wildman–Crippen MR) is 147 cm³/mol. The smallest absolute Gasteiger partial charge is 0.326 e. The lowest BCUT2D eigenvalue weighted by Gasteiger charge is -2.27. The van der Waals surface area contributed by atoms with Crippen molar-refractivity contribution in [2.75, 3.05) is 18.1 Å². The minimum atomic E-state index is -1.12. The molecule has 0 unspecified atom stereocenters. The monoisotopic (exact) mass is 580 g/mol. The molecule has 1 fully saturated rings. The molecule has 39 heavy (non-hydrogen) atoms. The van der Waals surface area contributed by atoms with Crippen molar-refractivity contribution in [2.24, 2.45) is 5.92 Å². The van der Waals surface area contributed by atoms with Crippen LogP contribution in [0.5, 0.6) is 0 Å². The molecule has 0 spiro atoms. The van der Waals surface area contributed by atoms with Crippen molar-refractivity contribution < 1.29 is 33.1 Å². The van der Waals surface area contributed by atoms with Gasteiger partial charge in [-0.2, -0.15) is 0 Å². The number of allylic oxidation sites excluding steroid dienone is 1. The average Bonchev–Trinajstić information content (AvgIpc) is 2.88. The van der Waals surface area contributed by atoms with Gasteiger partial charge < -0.3 is 26.0 Å². The minimum absolute atomic E-state index is 0.0193. The summed E-state index contributed by atoms with van der Waals surface area (Å²) in [5, 5.41) is 10.6. The first-order chi connectivity index (χ1) is 18.6. The van der Waals surface area contributed by atoms with Crippen molar-refractivity contribution in [3.8, 4) is 0 Å². The Labute approximate surface area is 234 Å². The van der Waals surface area contributed by atoms with Crippen LogP contribution in [0.15, 0.2) is 36.4 Å². The zero-order valence-corrected chi connectivity index (χ0v) is 23.4. The molecular weight excluding hydrogens is 547 g/mol. The Balaban J connectivity index is 1.96. The van der Waals surface area contributed by atoms with Crippen LogP contribution < -0.4 is 21.3 Å². The Morgan fingerprint density at radius 1 is 0.974 bits per heavy atom. The Morgan fingerprint density at radius 3 is 2.44 bits per heavy atom. The van der Waals surface area contributed by atoms with E-state index in [-0.39, 0.29) is 24.5 Å². The number of carbonyl (C=O) groups is 5. The highest BCUT2D eigenvalue weighted by Gasteiger charge is 2.32. The highest BCUT2D eigenvalue weighted by atomic mass is 33.1. The molecule has 0 saturated carbocycles. The third kappa shape index (κ3) is 9.88. The summed E-state index contributed by atoms with van der Waals surface area (Å²) in [6.07, 6.45) is 2.96. The summed E-state index contributed by atoms with van der Waals surface area (Å²) < 4.78 is 18.9. The molecule has 4 N–H and O–H groups in total. The molecule has 1 aromatic rings. The quantitative estimate of drug-likeness (QED) is 0.238. The van der Waals surface area contributed by atoms with Crippen LogP contribution in [-0.2, 0) is 35.1 Å². The van der Waals surface area contributed by atoms with Crippen molar-refractivity contribution in [2.45, 2.75) is 57.3 Å². The summed E-state index contributed by atoms with van der Waals surface area (Å²) in [7, 11) is 2.89. The number of fused-ring (bicyclic) bond motifs is 7. The van der Waals surface area contributed by atoms with Gasteiger partial charge in [-0.05, 0) is 36.1 Å². The maximum atomic E-state index is 13.4. The fourth-order valence-electron chi connectivity index (χ4n) is 3.91. The number of halogens is 1. The molecule has 10 nitrogen and oxygen atoms in total. The van der Waals surface area contributed by atoms with Gasteiger partial charge in [-0.15, -0.1) is 0 Å². The van der Waals surface area contributed by atoms with Crippen LogP contribution in [0.3, 0.4) is 0 Å². The van der Waals surface area contributed by atoms with Crippen LogP contribution in [0.1, 0.15) is 32.3 Å². The highest BCUT2D eigenvalue weighted by molar-refractivity contribution is 8.76. The number of hydrogen-bond donors (Lipinski definition) is 4. The van der Waals surface area contributed by atoms with E-state index < -0.39 is 66.2 Å². The fourth-order valence-corrected chi connectivity index (χ4v) is 6.07. The maximum absolute atomic E-state index is 13.4. The SMILES string of the molecule is CC(C)[C@H]1NC(=O)C[C@H]2/C=C/CCSSC[C@@H](NC1=O)C(=O)N[C@H](Cc1ccc(F)cc1)C(=O)NCC(=O)O2. The number of hydrogen-bond acceptors (Lipinski definition) is 8. The Hall–Kier alpha value is -3.06. The van der Waals surface area contributed by atoms with Crippen molar-refractivity contribution in [3.05, 3.63) is 47.8 Å². The van der Waals surface area contributed by atoms with Gasteiger partial charge in [0.15, 0.2) is 0 Å². The predicted octanol–water partition coefficient (Wildman–Crippen LogP) is 1.25. The Bertz CT molecular complexity index is 1080. The highest BCUT2D eigenvalue weighted by Crippen LogP contribution is 2.24. The number of ether oxygens (including phenoxy) is 1. The van der Waals surface area contributed by atoms with E-state index in [1.807, 2.05) is 0 Å². The van der Waals surface area contributed by atoms with Gasteiger partial charge in [0.1, 0.15) is 36.6 Å². The van der Waals surface area contributed by atoms with Crippen molar-refractivity contribution >= 4 is 51.2 Å². The molecule has 3 rings (SSSR count). The first kappa shape index (κ1) is 30.5. The summed E-state index contributed by atoms with van der Waals surface area (Å²) in [5.41, 5.74) is 0.582. The van der Waals surface area contributed by atoms with Gasteiger partial charge in [-0.3, -0.25) is 24.0 Å². The molecule has 0 radical (unpaired) electrons. The van der Waals surface area contributed by atoms with Gasteiger partial charge in [0.25, 0.3) is 0 Å². The number of nitrogens with one attached hydrogen (secondary N) is 4. The topological polar surface area (TPSA) is 143 Å². The first-order valence-electron chi connectivity index (χ1n) is 12.6. The van der Waals surface area contributed by atoms with Gasteiger partial charge in [-0.1, -0.05) is 53.6 Å². The van der Waals surface area contributed by atoms with Crippen LogP contribution in [0.2, 0.25) is 0 Å². The fraction of sp³-hybridized carbons (Fsp3) is 0.500. The summed E-state index contributed by atoms with van der Waals surface area (Å²) in [6.45, 7) is 3.04. The summed E-state index contributed by atoms with van der Waals surface area (Å²) in [5.74, 6) is -2.94. The van der Waals surface area contributed by atoms with E-state index in [9.17, 15) is 28.4 Å². The molecular formula is C26H33FN4O6S2. The van der Waals surface area contributed by atoms with E-state index in [0.29, 0.717) is 17.7 Å². The molecule has 4 atom stereocenters. The van der Waals surface area contributed by atoms with Crippen molar-refractivity contribution in [1.29, 1.82) is 0 Å². The van der Waals surface area contributed by atoms with E-state index >= 15 is 0 Å². The largest absolute Gasteiger partial charge is 0.456 e. The Morgan fingerprint density at radius 2 is 1.72 bits per heavy atom. The van der Waals surface area contributed by atoms with Gasteiger partial charge in [0.05, 0.1) is 6.42 Å². The second-order valence-corrected chi connectivity index (χ2v) is 12.1. The third-order valence-corrected chi connectivity index (χ3v) is 8.44. The lowest BCUT2D eigenvalue weighted by molar-refractivity contribution is -0.148. The van der Waals surface area contributed by atoms with Gasteiger partial charge in [0, 0.05) is 17.9 Å². The van der Waals surface area contributed by atoms with Crippen LogP contribution >= 0.6 is 21.6 Å². The Kier molecular flexibility index (Phi) is 11.7. The van der Waals surface area contributed by atoms with Crippen LogP contribution in [0.25, 0.3) is 0 Å². The molecule has 13 heteroatoms. The van der Waals surface area contributed by atoms with Gasteiger partial charge >= 0.3 is 5.97 Å². The van der Waals surface area contributed by atoms with E-state index in [1.54, 1.807) is 26.0 Å². The third-order valence-electron chi connectivity index (χ3n) is 6.00. The molecule has 2 bridgehead atoms. The molecule has 0 aliphatic carbocycles. The van der Waals surface area contributed by atoms with E-state index in [0.717, 1.165) is 0 Å². The van der Waals surface area contributed by atoms with Gasteiger partial charge in [-0.25, -0.2) is 4.39 Å². The molecule has 4 amide bonds. The molecule has 0 aromatic heterocycles. The number of benzene rings is 1. The second kappa shape index (κ2) is 14.9. The van der Waals surface area contributed by atoms with E-state index in [2.05, 4.69) is 21.3 Å². The molecule has 1 aromatic carbocycles. The first-order valence-corrected chi connectivity index (χ1v) is 15.1. The number of carbonyl (C=O) groups excluding carboxylic acids is 5. The van der Waals surface area contributed by atoms with Crippen molar-refractivity contribution in [3.63, 3.8) is 0 Å². The standard InChI is InChI=1S/C26H33FN4O6S2/c1-15(2)23-26(36)30-20-14-39-38-10-4-3-5-18(12-21(32)31-23)37-22(33)13-28-24(34)19(29-25(20)35)11-16-6-8-17(27)9-7-16/h3,5-9,15,18-20,23H,4,10-14H2,1-2H3,(H,28,34)(H,29,35)(H,30,36)(H,31,32)/b5-3+/t18-,19-,20-,23-/m1/s1. The van der Waals surface area contributed by atoms with Gasteiger partial charge in [0.2, 0.25) is 23.6 Å². The second-order valence-electron chi connectivity index (χ2n) is 9.52. The number of esters is 1. The number of amides is 4. The molecule has 2 heterocycles. The molecule has 2 aliphatic heterocycles. The van der Waals surface area contributed by atoms with Crippen LogP contribution in [0.4, 0.5) is 4.39 Å². The minimum Gasteiger partial charge on any atom is -0.456 e. The van der Waals surface area contributed by atoms with Crippen LogP contribution in [-0.4, -0.2) is 71.9 Å².